The molecule has 4 atom stereocenters. The van der Waals surface area contributed by atoms with Gasteiger partial charge < -0.3 is 19.7 Å². The van der Waals surface area contributed by atoms with Crippen LogP contribution in [0.1, 0.15) is 24.2 Å². The van der Waals surface area contributed by atoms with E-state index in [2.05, 4.69) is 28.7 Å². The molecule has 2 aromatic rings. The van der Waals surface area contributed by atoms with Crippen molar-refractivity contribution in [3.05, 3.63) is 30.1 Å². The molecule has 1 aromatic heterocycles. The van der Waals surface area contributed by atoms with Gasteiger partial charge in [0, 0.05) is 50.8 Å². The van der Waals surface area contributed by atoms with Gasteiger partial charge in [0.15, 0.2) is 0 Å². The van der Waals surface area contributed by atoms with Gasteiger partial charge >= 0.3 is 0 Å². The fourth-order valence-corrected chi connectivity index (χ4v) is 4.53. The number of aliphatic hydroxyl groups is 1. The Hall–Kier alpha value is -1.96. The van der Waals surface area contributed by atoms with Crippen LogP contribution >= 0.6 is 0 Å². The van der Waals surface area contributed by atoms with E-state index in [1.54, 1.807) is 6.33 Å². The van der Waals surface area contributed by atoms with Gasteiger partial charge in [0.1, 0.15) is 0 Å². The number of nitrogens with one attached hydrogen (secondary N) is 1. The van der Waals surface area contributed by atoms with Gasteiger partial charge in [0.05, 0.1) is 29.6 Å². The number of carbonyl (C=O) groups excluding carboxylic acids is 1. The number of carbonyl (C=O) groups is 1. The number of nitrogens with zero attached hydrogens (tertiary/aromatic N) is 3. The lowest BCUT2D eigenvalue weighted by molar-refractivity contribution is -0.0726. The highest BCUT2D eigenvalue weighted by Gasteiger charge is 2.37. The van der Waals surface area contributed by atoms with Crippen LogP contribution < -0.4 is 0 Å². The quantitative estimate of drug-likeness (QED) is 0.847. The maximum Gasteiger partial charge on any atom is 0.253 e. The van der Waals surface area contributed by atoms with E-state index in [9.17, 15) is 9.90 Å². The summed E-state index contributed by atoms with van der Waals surface area (Å²) in [6.07, 6.45) is 2.08. The Morgan fingerprint density at radius 1 is 1.22 bits per heavy atom. The second-order valence-electron chi connectivity index (χ2n) is 8.02. The van der Waals surface area contributed by atoms with Crippen LogP contribution in [0, 0.1) is 11.8 Å². The van der Waals surface area contributed by atoms with Crippen molar-refractivity contribution >= 4 is 16.9 Å². The average Bonchev–Trinajstić information content (AvgIpc) is 3.26. The Balaban J connectivity index is 1.44. The number of fused-ring (bicyclic) bond motifs is 1. The average molecular weight is 372 g/mol. The molecule has 7 heteroatoms. The molecule has 0 radical (unpaired) electrons. The van der Waals surface area contributed by atoms with Crippen molar-refractivity contribution in [2.75, 3.05) is 39.3 Å². The highest BCUT2D eigenvalue weighted by atomic mass is 16.5. The highest BCUT2D eigenvalue weighted by Crippen LogP contribution is 2.27. The van der Waals surface area contributed by atoms with E-state index >= 15 is 0 Å². The lowest BCUT2D eigenvalue weighted by Crippen LogP contribution is -2.48. The molecule has 2 saturated heterocycles. The zero-order chi connectivity index (χ0) is 19.0. The molecule has 27 heavy (non-hydrogen) atoms. The van der Waals surface area contributed by atoms with Crippen LogP contribution in [0.5, 0.6) is 0 Å². The molecule has 4 rings (SSSR count). The Kier molecular flexibility index (Phi) is 5.16. The molecule has 7 nitrogen and oxygen atoms in total. The Labute approximate surface area is 159 Å². The number of aliphatic hydroxyl groups excluding tert-OH is 1. The summed E-state index contributed by atoms with van der Waals surface area (Å²) < 4.78 is 5.82. The first-order chi connectivity index (χ1) is 13.0. The molecular weight excluding hydrogens is 344 g/mol. The molecule has 146 valence electrons. The fourth-order valence-electron chi connectivity index (χ4n) is 4.53. The third-order valence-corrected chi connectivity index (χ3v) is 5.75. The molecule has 3 heterocycles. The summed E-state index contributed by atoms with van der Waals surface area (Å²) in [7, 11) is 0. The van der Waals surface area contributed by atoms with Gasteiger partial charge in [-0.05, 0) is 38.0 Å². The molecule has 0 saturated carbocycles. The van der Waals surface area contributed by atoms with Crippen LogP contribution in [0.25, 0.3) is 11.0 Å². The van der Waals surface area contributed by atoms with Gasteiger partial charge in [-0.15, -0.1) is 0 Å². The van der Waals surface area contributed by atoms with Crippen LogP contribution in [-0.2, 0) is 4.74 Å². The van der Waals surface area contributed by atoms with E-state index in [4.69, 9.17) is 4.74 Å². The standard InChI is InChI=1S/C20H28N4O3/c1-13-6-23(7-14(2)27-13)8-16-9-24(10-17(16)11-25)20(26)15-3-4-18-19(5-15)22-12-21-18/h3-5,12-14,16-17,25H,6-11H2,1-2H3,(H,21,22)/t13-,14+,16-,17-/m1/s1. The topological polar surface area (TPSA) is 81.7 Å². The molecule has 0 unspecified atom stereocenters. The predicted octanol–water partition coefficient (Wildman–Crippen LogP) is 1.35. The molecule has 2 fully saturated rings. The highest BCUT2D eigenvalue weighted by molar-refractivity contribution is 5.97. The number of benzene rings is 1. The largest absolute Gasteiger partial charge is 0.396 e. The summed E-state index contributed by atoms with van der Waals surface area (Å²) in [4.78, 5) is 24.5. The second kappa shape index (κ2) is 7.58. The number of morpholine rings is 1. The van der Waals surface area contributed by atoms with Gasteiger partial charge in [-0.25, -0.2) is 4.98 Å². The number of hydrogen-bond donors (Lipinski definition) is 2. The van der Waals surface area contributed by atoms with Crippen molar-refractivity contribution in [3.63, 3.8) is 0 Å². The minimum Gasteiger partial charge on any atom is -0.396 e. The maximum atomic E-state index is 13.0. The number of aromatic amines is 1. The van der Waals surface area contributed by atoms with Crippen LogP contribution in [-0.4, -0.2) is 82.3 Å². The molecule has 2 aliphatic rings. The number of H-pyrrole nitrogens is 1. The van der Waals surface area contributed by atoms with Crippen LogP contribution in [0.2, 0.25) is 0 Å². The van der Waals surface area contributed by atoms with Crippen LogP contribution in [0.4, 0.5) is 0 Å². The lowest BCUT2D eigenvalue weighted by atomic mass is 9.96. The number of imidazole rings is 1. The summed E-state index contributed by atoms with van der Waals surface area (Å²) in [5.74, 6) is 0.432. The third-order valence-electron chi connectivity index (χ3n) is 5.75. The molecule has 1 aromatic carbocycles. The van der Waals surface area contributed by atoms with Crippen molar-refractivity contribution in [2.24, 2.45) is 11.8 Å². The molecule has 0 aliphatic carbocycles. The molecule has 2 N–H and O–H groups in total. The SMILES string of the molecule is C[C@@H]1CN(C[C@@H]2CN(C(=O)c3ccc4nc[nH]c4c3)C[C@@H]2CO)C[C@H](C)O1. The smallest absolute Gasteiger partial charge is 0.253 e. The normalized spacial score (nSPS) is 29.5. The number of rotatable bonds is 4. The first kappa shape index (κ1) is 18.4. The van der Waals surface area contributed by atoms with Crippen molar-refractivity contribution in [1.82, 2.24) is 19.8 Å². The minimum absolute atomic E-state index is 0.0242. The molecule has 0 spiro atoms. The third kappa shape index (κ3) is 3.85. The summed E-state index contributed by atoms with van der Waals surface area (Å²) in [5, 5.41) is 9.86. The van der Waals surface area contributed by atoms with Gasteiger partial charge in [-0.1, -0.05) is 0 Å². The van der Waals surface area contributed by atoms with Crippen molar-refractivity contribution in [1.29, 1.82) is 0 Å². The summed E-state index contributed by atoms with van der Waals surface area (Å²) in [6.45, 7) is 8.31. The summed E-state index contributed by atoms with van der Waals surface area (Å²) in [6, 6.07) is 5.56. The van der Waals surface area contributed by atoms with Crippen molar-refractivity contribution < 1.29 is 14.6 Å². The first-order valence-electron chi connectivity index (χ1n) is 9.74. The van der Waals surface area contributed by atoms with Crippen LogP contribution in [0.3, 0.4) is 0 Å². The zero-order valence-corrected chi connectivity index (χ0v) is 16.0. The van der Waals surface area contributed by atoms with E-state index in [-0.39, 0.29) is 36.6 Å². The first-order valence-corrected chi connectivity index (χ1v) is 9.74. The maximum absolute atomic E-state index is 13.0. The van der Waals surface area contributed by atoms with E-state index < -0.39 is 0 Å². The predicted molar refractivity (Wildman–Crippen MR) is 103 cm³/mol. The van der Waals surface area contributed by atoms with E-state index in [1.165, 1.54) is 0 Å². The number of likely N-dealkylation sites (tertiary alicyclic amines) is 1. The Morgan fingerprint density at radius 2 is 1.96 bits per heavy atom. The van der Waals surface area contributed by atoms with E-state index in [1.807, 2.05) is 23.1 Å². The molecular formula is C20H28N4O3. The van der Waals surface area contributed by atoms with Gasteiger partial charge in [0.25, 0.3) is 5.91 Å². The second-order valence-corrected chi connectivity index (χ2v) is 8.02. The van der Waals surface area contributed by atoms with Gasteiger partial charge in [-0.2, -0.15) is 0 Å². The lowest BCUT2D eigenvalue weighted by Gasteiger charge is -2.37. The van der Waals surface area contributed by atoms with E-state index in [0.29, 0.717) is 18.7 Å². The number of amides is 1. The van der Waals surface area contributed by atoms with Crippen molar-refractivity contribution in [3.8, 4) is 0 Å². The Morgan fingerprint density at radius 3 is 2.70 bits per heavy atom. The van der Waals surface area contributed by atoms with Crippen molar-refractivity contribution in [2.45, 2.75) is 26.1 Å². The van der Waals surface area contributed by atoms with Gasteiger partial charge in [-0.3, -0.25) is 9.69 Å². The Bertz CT molecular complexity index is 797. The van der Waals surface area contributed by atoms with Gasteiger partial charge in [0.2, 0.25) is 0 Å². The zero-order valence-electron chi connectivity index (χ0n) is 16.0. The number of ether oxygens (including phenoxy) is 1. The van der Waals surface area contributed by atoms with Crippen LogP contribution in [0.15, 0.2) is 24.5 Å². The number of aromatic nitrogens is 2. The summed E-state index contributed by atoms with van der Waals surface area (Å²) in [5.41, 5.74) is 2.39. The monoisotopic (exact) mass is 372 g/mol. The minimum atomic E-state index is 0.0242. The molecule has 2 aliphatic heterocycles. The van der Waals surface area contributed by atoms with E-state index in [0.717, 1.165) is 30.7 Å². The molecule has 0 bridgehead atoms. The summed E-state index contributed by atoms with van der Waals surface area (Å²) >= 11 is 0. The molecule has 1 amide bonds. The fraction of sp³-hybridized carbons (Fsp3) is 0.600. The number of hydrogen-bond acceptors (Lipinski definition) is 5.